The van der Waals surface area contributed by atoms with Gasteiger partial charge in [0.25, 0.3) is 0 Å². The molecule has 1 heterocycles. The fourth-order valence-electron chi connectivity index (χ4n) is 2.47. The Labute approximate surface area is 103 Å². The topological polar surface area (TPSA) is 53.0 Å². The molecule has 0 bridgehead atoms. The van der Waals surface area contributed by atoms with E-state index in [0.29, 0.717) is 23.2 Å². The minimum atomic E-state index is 0.543. The van der Waals surface area contributed by atoms with Gasteiger partial charge in [0, 0.05) is 24.0 Å². The van der Waals surface area contributed by atoms with Gasteiger partial charge in [-0.05, 0) is 43.9 Å². The molecule has 2 rings (SSSR count). The summed E-state index contributed by atoms with van der Waals surface area (Å²) in [5.74, 6) is 0.717. The first-order valence-electron chi connectivity index (χ1n) is 6.18. The summed E-state index contributed by atoms with van der Waals surface area (Å²) in [5.41, 5.74) is 8.01. The molecule has 17 heavy (non-hydrogen) atoms. The van der Waals surface area contributed by atoms with E-state index in [-0.39, 0.29) is 0 Å². The summed E-state index contributed by atoms with van der Waals surface area (Å²) in [6.45, 7) is 5.59. The maximum atomic E-state index is 9.01. The highest BCUT2D eigenvalue weighted by Gasteiger charge is 2.23. The Hall–Kier alpha value is -1.69. The fourth-order valence-corrected chi connectivity index (χ4v) is 2.47. The number of hydrogen-bond acceptors (Lipinski definition) is 3. The third kappa shape index (κ3) is 2.36. The zero-order valence-electron chi connectivity index (χ0n) is 10.5. The monoisotopic (exact) mass is 229 g/mol. The van der Waals surface area contributed by atoms with E-state index >= 15 is 0 Å². The van der Waals surface area contributed by atoms with Crippen LogP contribution in [0.2, 0.25) is 0 Å². The molecule has 3 heteroatoms. The lowest BCUT2D eigenvalue weighted by molar-refractivity contribution is 0.390. The first-order chi connectivity index (χ1) is 8.11. The molecule has 2 N–H and O–H groups in total. The first-order valence-corrected chi connectivity index (χ1v) is 6.18. The van der Waals surface area contributed by atoms with Gasteiger partial charge < -0.3 is 10.6 Å². The van der Waals surface area contributed by atoms with Crippen molar-refractivity contribution in [2.24, 2.45) is 5.92 Å². The number of hydrogen-bond donors (Lipinski definition) is 1. The van der Waals surface area contributed by atoms with Crippen LogP contribution in [0.4, 0.5) is 11.4 Å². The van der Waals surface area contributed by atoms with Crippen LogP contribution in [0.5, 0.6) is 0 Å². The Morgan fingerprint density at radius 3 is 2.82 bits per heavy atom. The van der Waals surface area contributed by atoms with E-state index in [1.165, 1.54) is 12.8 Å². The predicted octanol–water partition coefficient (Wildman–Crippen LogP) is 2.77. The molecule has 0 saturated carbocycles. The lowest BCUT2D eigenvalue weighted by Crippen LogP contribution is -2.41. The number of nitrogens with zero attached hydrogens (tertiary/aromatic N) is 2. The molecule has 0 aromatic heterocycles. The van der Waals surface area contributed by atoms with E-state index in [0.717, 1.165) is 12.2 Å². The van der Waals surface area contributed by atoms with Gasteiger partial charge in [0.15, 0.2) is 0 Å². The van der Waals surface area contributed by atoms with Crippen LogP contribution in [0, 0.1) is 17.2 Å². The molecular formula is C14H19N3. The minimum Gasteiger partial charge on any atom is -0.398 e. The minimum absolute atomic E-state index is 0.543. The Balaban J connectivity index is 2.30. The molecule has 1 aromatic rings. The maximum Gasteiger partial charge on any atom is 0.101 e. The number of rotatable bonds is 1. The Kier molecular flexibility index (Phi) is 3.23. The van der Waals surface area contributed by atoms with Crippen LogP contribution in [-0.2, 0) is 0 Å². The second-order valence-electron chi connectivity index (χ2n) is 5.07. The lowest BCUT2D eigenvalue weighted by atomic mass is 9.94. The van der Waals surface area contributed by atoms with E-state index in [1.54, 1.807) is 0 Å². The smallest absolute Gasteiger partial charge is 0.101 e. The summed E-state index contributed by atoms with van der Waals surface area (Å²) in [5, 5.41) is 9.01. The second kappa shape index (κ2) is 4.67. The van der Waals surface area contributed by atoms with Gasteiger partial charge in [-0.1, -0.05) is 6.92 Å². The number of nitrogens with two attached hydrogens (primary N) is 1. The molecule has 2 unspecified atom stereocenters. The van der Waals surface area contributed by atoms with Crippen molar-refractivity contribution in [2.45, 2.75) is 32.7 Å². The number of benzene rings is 1. The van der Waals surface area contributed by atoms with Crippen molar-refractivity contribution in [1.82, 2.24) is 0 Å². The van der Waals surface area contributed by atoms with Crippen molar-refractivity contribution in [3.63, 3.8) is 0 Å². The highest BCUT2D eigenvalue weighted by Crippen LogP contribution is 2.29. The van der Waals surface area contributed by atoms with Crippen molar-refractivity contribution in [3.8, 4) is 6.07 Å². The van der Waals surface area contributed by atoms with E-state index in [4.69, 9.17) is 11.0 Å². The van der Waals surface area contributed by atoms with Crippen LogP contribution in [0.25, 0.3) is 0 Å². The molecular weight excluding hydrogens is 210 g/mol. The SMILES string of the molecule is CC1CCC(C)N(c2ccc(N)c(C#N)c2)C1. The highest BCUT2D eigenvalue weighted by atomic mass is 15.2. The fraction of sp³-hybridized carbons (Fsp3) is 0.500. The highest BCUT2D eigenvalue weighted by molar-refractivity contribution is 5.63. The van der Waals surface area contributed by atoms with Gasteiger partial charge in [-0.2, -0.15) is 5.26 Å². The van der Waals surface area contributed by atoms with Gasteiger partial charge in [0.1, 0.15) is 6.07 Å². The van der Waals surface area contributed by atoms with Crippen LogP contribution < -0.4 is 10.6 Å². The number of nitrogen functional groups attached to an aromatic ring is 1. The van der Waals surface area contributed by atoms with Crippen LogP contribution in [0.3, 0.4) is 0 Å². The molecule has 1 saturated heterocycles. The summed E-state index contributed by atoms with van der Waals surface area (Å²) in [7, 11) is 0. The molecule has 0 radical (unpaired) electrons. The van der Waals surface area contributed by atoms with Gasteiger partial charge in [-0.15, -0.1) is 0 Å². The molecule has 0 spiro atoms. The molecule has 1 fully saturated rings. The molecule has 90 valence electrons. The molecule has 1 aliphatic heterocycles. The van der Waals surface area contributed by atoms with Gasteiger partial charge in [0.05, 0.1) is 5.56 Å². The molecule has 2 atom stereocenters. The van der Waals surface area contributed by atoms with Crippen LogP contribution >= 0.6 is 0 Å². The first kappa shape index (κ1) is 11.8. The molecule has 1 aliphatic rings. The number of anilines is 2. The Bertz CT molecular complexity index is 447. The zero-order chi connectivity index (χ0) is 12.4. The third-order valence-electron chi connectivity index (χ3n) is 3.61. The van der Waals surface area contributed by atoms with E-state index in [1.807, 2.05) is 18.2 Å². The lowest BCUT2D eigenvalue weighted by Gasteiger charge is -2.38. The van der Waals surface area contributed by atoms with Crippen LogP contribution in [-0.4, -0.2) is 12.6 Å². The van der Waals surface area contributed by atoms with Crippen molar-refractivity contribution in [1.29, 1.82) is 5.26 Å². The summed E-state index contributed by atoms with van der Waals surface area (Å²) >= 11 is 0. The third-order valence-corrected chi connectivity index (χ3v) is 3.61. The van der Waals surface area contributed by atoms with Gasteiger partial charge in [-0.25, -0.2) is 0 Å². The quantitative estimate of drug-likeness (QED) is 0.753. The predicted molar refractivity (Wildman–Crippen MR) is 70.8 cm³/mol. The maximum absolute atomic E-state index is 9.01. The van der Waals surface area contributed by atoms with Crippen LogP contribution in [0.1, 0.15) is 32.3 Å². The normalized spacial score (nSPS) is 24.4. The van der Waals surface area contributed by atoms with Crippen molar-refractivity contribution in [2.75, 3.05) is 17.2 Å². The second-order valence-corrected chi connectivity index (χ2v) is 5.07. The van der Waals surface area contributed by atoms with E-state index in [2.05, 4.69) is 24.8 Å². The largest absolute Gasteiger partial charge is 0.398 e. The van der Waals surface area contributed by atoms with Gasteiger partial charge in [-0.3, -0.25) is 0 Å². The summed E-state index contributed by atoms with van der Waals surface area (Å²) < 4.78 is 0. The Morgan fingerprint density at radius 1 is 1.35 bits per heavy atom. The van der Waals surface area contributed by atoms with Crippen LogP contribution in [0.15, 0.2) is 18.2 Å². The summed E-state index contributed by atoms with van der Waals surface area (Å²) in [4.78, 5) is 2.38. The molecule has 0 amide bonds. The average molecular weight is 229 g/mol. The molecule has 1 aromatic carbocycles. The zero-order valence-corrected chi connectivity index (χ0v) is 10.5. The number of nitriles is 1. The van der Waals surface area contributed by atoms with E-state index in [9.17, 15) is 0 Å². The van der Waals surface area contributed by atoms with Crippen molar-refractivity contribution in [3.05, 3.63) is 23.8 Å². The van der Waals surface area contributed by atoms with Crippen molar-refractivity contribution < 1.29 is 0 Å². The Morgan fingerprint density at radius 2 is 2.12 bits per heavy atom. The standard InChI is InChI=1S/C14H19N3/c1-10-3-4-11(2)17(9-10)13-5-6-14(16)12(7-13)8-15/h5-7,10-11H,3-4,9,16H2,1-2H3. The molecule has 3 nitrogen and oxygen atoms in total. The summed E-state index contributed by atoms with van der Waals surface area (Å²) in [6.07, 6.45) is 2.51. The van der Waals surface area contributed by atoms with Gasteiger partial charge >= 0.3 is 0 Å². The summed E-state index contributed by atoms with van der Waals surface area (Å²) in [6, 6.07) is 8.45. The average Bonchev–Trinajstić information content (AvgIpc) is 2.33. The number of piperidine rings is 1. The molecule has 0 aliphatic carbocycles. The van der Waals surface area contributed by atoms with E-state index < -0.39 is 0 Å². The van der Waals surface area contributed by atoms with Gasteiger partial charge in [0.2, 0.25) is 0 Å². The van der Waals surface area contributed by atoms with Crippen molar-refractivity contribution >= 4 is 11.4 Å².